The fourth-order valence-electron chi connectivity index (χ4n) is 1.24. The van der Waals surface area contributed by atoms with Crippen molar-refractivity contribution in [2.75, 3.05) is 0 Å². The van der Waals surface area contributed by atoms with Crippen LogP contribution in [0.25, 0.3) is 0 Å². The largest absolute Gasteiger partial charge is 0.333 e. The molecule has 0 saturated heterocycles. The van der Waals surface area contributed by atoms with Crippen molar-refractivity contribution in [3.05, 3.63) is 0 Å². The van der Waals surface area contributed by atoms with Crippen LogP contribution < -0.4 is 11.2 Å². The van der Waals surface area contributed by atoms with Crippen LogP contribution in [0.1, 0.15) is 47.0 Å². The first-order valence-corrected chi connectivity index (χ1v) is 6.16. The zero-order valence-corrected chi connectivity index (χ0v) is 11.1. The van der Waals surface area contributed by atoms with E-state index in [1.54, 1.807) is 0 Å². The predicted molar refractivity (Wildman–Crippen MR) is 66.3 cm³/mol. The van der Waals surface area contributed by atoms with Gasteiger partial charge in [-0.3, -0.25) is 5.01 Å². The Morgan fingerprint density at radius 3 is 2.59 bits per heavy atom. The maximum atomic E-state index is 11.8. The summed E-state index contributed by atoms with van der Waals surface area (Å²) in [5, 5.41) is 12.4. The molecule has 2 amide bonds. The molecule has 1 fully saturated rings. The molecular formula is C11H23N5O. The molecule has 1 unspecified atom stereocenters. The second-order valence-electron chi connectivity index (χ2n) is 5.01. The molecule has 0 aromatic carbocycles. The summed E-state index contributed by atoms with van der Waals surface area (Å²) in [4.78, 5) is 11.8. The number of nitrogens with one attached hydrogen (secondary N) is 1. The SMILES string of the molecule is CCC(C)(/N=N/C(C)C)NC(=O)N(N)C1CC1. The molecule has 0 bridgehead atoms. The van der Waals surface area contributed by atoms with Gasteiger partial charge in [0.2, 0.25) is 0 Å². The molecule has 6 heteroatoms. The second kappa shape index (κ2) is 5.44. The van der Waals surface area contributed by atoms with Crippen LogP contribution >= 0.6 is 0 Å². The molecule has 0 radical (unpaired) electrons. The number of nitrogens with two attached hydrogens (primary N) is 1. The van der Waals surface area contributed by atoms with E-state index in [4.69, 9.17) is 5.84 Å². The van der Waals surface area contributed by atoms with Gasteiger partial charge in [-0.05, 0) is 40.0 Å². The number of hydrazine groups is 1. The topological polar surface area (TPSA) is 83.1 Å². The number of hydrogen-bond donors (Lipinski definition) is 2. The number of rotatable bonds is 5. The molecule has 1 rings (SSSR count). The van der Waals surface area contributed by atoms with Gasteiger partial charge in [-0.2, -0.15) is 10.2 Å². The molecule has 6 nitrogen and oxygen atoms in total. The van der Waals surface area contributed by atoms with Gasteiger partial charge in [-0.15, -0.1) is 0 Å². The highest BCUT2D eigenvalue weighted by atomic mass is 16.2. The lowest BCUT2D eigenvalue weighted by Gasteiger charge is -2.27. The zero-order chi connectivity index (χ0) is 13.1. The Kier molecular flexibility index (Phi) is 4.45. The van der Waals surface area contributed by atoms with Gasteiger partial charge in [0.05, 0.1) is 12.1 Å². The standard InChI is InChI=1S/C11H23N5O/c1-5-11(4,15-14-8(2)3)13-10(17)16(12)9-6-7-9/h8-9H,5-7,12H2,1-4H3,(H,13,17)/b15-14+. The molecule has 0 aromatic heterocycles. The van der Waals surface area contributed by atoms with Crippen LogP contribution in [0.2, 0.25) is 0 Å². The fraction of sp³-hybridized carbons (Fsp3) is 0.909. The number of carbonyl (C=O) groups excluding carboxylic acids is 1. The lowest BCUT2D eigenvalue weighted by atomic mass is 10.1. The van der Waals surface area contributed by atoms with Crippen molar-refractivity contribution in [1.29, 1.82) is 0 Å². The first kappa shape index (κ1) is 13.9. The zero-order valence-electron chi connectivity index (χ0n) is 11.1. The van der Waals surface area contributed by atoms with Crippen molar-refractivity contribution in [3.63, 3.8) is 0 Å². The van der Waals surface area contributed by atoms with Crippen LogP contribution in [-0.2, 0) is 0 Å². The molecule has 1 atom stereocenters. The summed E-state index contributed by atoms with van der Waals surface area (Å²) in [5.41, 5.74) is -0.673. The first-order valence-electron chi connectivity index (χ1n) is 6.16. The normalized spacial score (nSPS) is 19.4. The van der Waals surface area contributed by atoms with Crippen LogP contribution in [-0.4, -0.2) is 28.8 Å². The minimum absolute atomic E-state index is 0.121. The summed E-state index contributed by atoms with van der Waals surface area (Å²) >= 11 is 0. The molecule has 1 saturated carbocycles. The Bertz CT molecular complexity index is 300. The second-order valence-corrected chi connectivity index (χ2v) is 5.01. The highest BCUT2D eigenvalue weighted by Gasteiger charge is 2.33. The van der Waals surface area contributed by atoms with E-state index in [9.17, 15) is 4.79 Å². The summed E-state index contributed by atoms with van der Waals surface area (Å²) in [7, 11) is 0. The van der Waals surface area contributed by atoms with Crippen molar-refractivity contribution in [2.24, 2.45) is 16.1 Å². The van der Waals surface area contributed by atoms with Gasteiger partial charge >= 0.3 is 6.03 Å². The molecule has 17 heavy (non-hydrogen) atoms. The van der Waals surface area contributed by atoms with Gasteiger partial charge in [-0.25, -0.2) is 10.6 Å². The van der Waals surface area contributed by atoms with Crippen LogP contribution in [0.4, 0.5) is 4.79 Å². The molecule has 0 aliphatic heterocycles. The Hall–Kier alpha value is -1.17. The maximum absolute atomic E-state index is 11.8. The Morgan fingerprint density at radius 1 is 1.59 bits per heavy atom. The lowest BCUT2D eigenvalue weighted by Crippen LogP contribution is -2.53. The third-order valence-electron chi connectivity index (χ3n) is 2.75. The minimum Gasteiger partial charge on any atom is -0.311 e. The summed E-state index contributed by atoms with van der Waals surface area (Å²) < 4.78 is 0. The summed E-state index contributed by atoms with van der Waals surface area (Å²) in [6.45, 7) is 7.69. The summed E-state index contributed by atoms with van der Waals surface area (Å²) in [5.74, 6) is 5.69. The number of hydrogen-bond acceptors (Lipinski definition) is 4. The van der Waals surface area contributed by atoms with Crippen molar-refractivity contribution < 1.29 is 4.79 Å². The van der Waals surface area contributed by atoms with Gasteiger partial charge < -0.3 is 5.32 Å². The molecule has 98 valence electrons. The molecule has 0 heterocycles. The predicted octanol–water partition coefficient (Wildman–Crippen LogP) is 2.02. The van der Waals surface area contributed by atoms with Gasteiger partial charge in [0.1, 0.15) is 0 Å². The number of nitrogens with zero attached hydrogens (tertiary/aromatic N) is 3. The van der Waals surface area contributed by atoms with E-state index in [2.05, 4.69) is 15.5 Å². The number of carbonyl (C=O) groups is 1. The van der Waals surface area contributed by atoms with Crippen LogP contribution in [0.15, 0.2) is 10.2 Å². The van der Waals surface area contributed by atoms with Crippen molar-refractivity contribution >= 4 is 6.03 Å². The van der Waals surface area contributed by atoms with E-state index in [0.29, 0.717) is 6.42 Å². The molecule has 1 aliphatic carbocycles. The molecule has 1 aliphatic rings. The van der Waals surface area contributed by atoms with Crippen molar-refractivity contribution in [1.82, 2.24) is 10.3 Å². The lowest BCUT2D eigenvalue weighted by molar-refractivity contribution is 0.181. The van der Waals surface area contributed by atoms with Crippen LogP contribution in [0, 0.1) is 0 Å². The smallest absolute Gasteiger partial charge is 0.311 e. The summed E-state index contributed by atoms with van der Waals surface area (Å²) in [6.07, 6.45) is 2.65. The summed E-state index contributed by atoms with van der Waals surface area (Å²) in [6, 6.07) is 0.0351. The Morgan fingerprint density at radius 2 is 2.18 bits per heavy atom. The van der Waals surface area contributed by atoms with Gasteiger partial charge in [-0.1, -0.05) is 6.92 Å². The minimum atomic E-state index is -0.673. The molecule has 0 spiro atoms. The monoisotopic (exact) mass is 241 g/mol. The fourth-order valence-corrected chi connectivity index (χ4v) is 1.24. The van der Waals surface area contributed by atoms with Crippen molar-refractivity contribution in [3.8, 4) is 0 Å². The van der Waals surface area contributed by atoms with Gasteiger partial charge in [0.25, 0.3) is 0 Å². The third kappa shape index (κ3) is 4.30. The van der Waals surface area contributed by atoms with E-state index in [1.807, 2.05) is 27.7 Å². The molecule has 3 N–H and O–H groups in total. The van der Waals surface area contributed by atoms with Gasteiger partial charge in [0, 0.05) is 0 Å². The third-order valence-corrected chi connectivity index (χ3v) is 2.75. The van der Waals surface area contributed by atoms with Crippen molar-refractivity contribution in [2.45, 2.75) is 64.7 Å². The number of urea groups is 1. The molecular weight excluding hydrogens is 218 g/mol. The Balaban J connectivity index is 2.57. The highest BCUT2D eigenvalue weighted by molar-refractivity contribution is 5.75. The highest BCUT2D eigenvalue weighted by Crippen LogP contribution is 2.24. The first-order chi connectivity index (χ1) is 7.88. The van der Waals surface area contributed by atoms with Crippen LogP contribution in [0.3, 0.4) is 0 Å². The van der Waals surface area contributed by atoms with E-state index < -0.39 is 5.66 Å². The number of amides is 2. The van der Waals surface area contributed by atoms with E-state index in [1.165, 1.54) is 5.01 Å². The average Bonchev–Trinajstić information content (AvgIpc) is 3.09. The average molecular weight is 241 g/mol. The van der Waals surface area contributed by atoms with E-state index in [-0.39, 0.29) is 18.1 Å². The molecule has 0 aromatic rings. The van der Waals surface area contributed by atoms with E-state index in [0.717, 1.165) is 12.8 Å². The van der Waals surface area contributed by atoms with Crippen LogP contribution in [0.5, 0.6) is 0 Å². The maximum Gasteiger partial charge on any atom is 0.333 e. The van der Waals surface area contributed by atoms with E-state index >= 15 is 0 Å². The number of azo groups is 1. The quantitative estimate of drug-likeness (QED) is 0.334. The van der Waals surface area contributed by atoms with Gasteiger partial charge in [0.15, 0.2) is 5.66 Å². The Labute approximate surface area is 103 Å².